The second-order valence-corrected chi connectivity index (χ2v) is 10.7. The van der Waals surface area contributed by atoms with Gasteiger partial charge in [0.2, 0.25) is 0 Å². The minimum absolute atomic E-state index is 0.0405. The van der Waals surface area contributed by atoms with Gasteiger partial charge < -0.3 is 18.9 Å². The summed E-state index contributed by atoms with van der Waals surface area (Å²) in [6, 6.07) is 0. The summed E-state index contributed by atoms with van der Waals surface area (Å²) >= 11 is 0. The third-order valence-corrected chi connectivity index (χ3v) is 8.30. The molecule has 6 atom stereocenters. The molecule has 2 aliphatic heterocycles. The molecule has 2 heterocycles. The van der Waals surface area contributed by atoms with Crippen molar-refractivity contribution in [3.8, 4) is 0 Å². The molecule has 2 saturated carbocycles. The highest BCUT2D eigenvalue weighted by molar-refractivity contribution is 5.92. The number of esters is 2. The molecule has 0 bridgehead atoms. The van der Waals surface area contributed by atoms with Gasteiger partial charge in [0, 0.05) is 12.3 Å². The van der Waals surface area contributed by atoms with Gasteiger partial charge in [-0.05, 0) is 63.2 Å². The van der Waals surface area contributed by atoms with E-state index in [1.165, 1.54) is 12.5 Å². The van der Waals surface area contributed by atoms with Gasteiger partial charge >= 0.3 is 11.9 Å². The van der Waals surface area contributed by atoms with Crippen molar-refractivity contribution in [1.82, 2.24) is 0 Å². The van der Waals surface area contributed by atoms with E-state index < -0.39 is 17.9 Å². The first-order valence-corrected chi connectivity index (χ1v) is 11.5. The van der Waals surface area contributed by atoms with Crippen LogP contribution in [0.3, 0.4) is 0 Å². The summed E-state index contributed by atoms with van der Waals surface area (Å²) in [4.78, 5) is 23.7. The number of rotatable bonds is 3. The number of hydrogen-bond donors (Lipinski definition) is 0. The molecule has 6 nitrogen and oxygen atoms in total. The van der Waals surface area contributed by atoms with E-state index in [9.17, 15) is 9.59 Å². The highest BCUT2D eigenvalue weighted by Gasteiger charge is 2.60. The molecule has 0 N–H and O–H groups in total. The second-order valence-electron chi connectivity index (χ2n) is 10.7. The molecule has 31 heavy (non-hydrogen) atoms. The largest absolute Gasteiger partial charge is 0.458 e. The molecule has 0 spiro atoms. The number of allylic oxidation sites excluding steroid dienone is 2. The molecule has 0 radical (unpaired) electrons. The summed E-state index contributed by atoms with van der Waals surface area (Å²) in [5, 5.41) is 0. The van der Waals surface area contributed by atoms with Gasteiger partial charge in [-0.25, -0.2) is 4.79 Å². The molecular formula is C25H36O6. The maximum atomic E-state index is 12.2. The van der Waals surface area contributed by atoms with Crippen molar-refractivity contribution in [1.29, 1.82) is 0 Å². The molecule has 0 aromatic carbocycles. The van der Waals surface area contributed by atoms with Gasteiger partial charge in [-0.2, -0.15) is 0 Å². The Labute approximate surface area is 185 Å². The first kappa shape index (κ1) is 22.5. The standard InChI is InChI=1S/C25H36O6/c1-15-7-10-20-24(5,12-11-21-25(20,6)14-29-23(3,4)31-21)18(15)9-8-17-19(30-16(2)26)13-28-22(17)27/h8,18-21H,1,7,9-14H2,2-6H3/b17-8+. The van der Waals surface area contributed by atoms with Gasteiger partial charge in [0.25, 0.3) is 0 Å². The number of hydrogen-bond acceptors (Lipinski definition) is 6. The quantitative estimate of drug-likeness (QED) is 0.376. The maximum absolute atomic E-state index is 12.2. The lowest BCUT2D eigenvalue weighted by Crippen LogP contribution is -2.62. The topological polar surface area (TPSA) is 71.1 Å². The van der Waals surface area contributed by atoms with Crippen LogP contribution in [0.5, 0.6) is 0 Å². The highest BCUT2D eigenvalue weighted by Crippen LogP contribution is 2.63. The Kier molecular flexibility index (Phi) is 5.62. The van der Waals surface area contributed by atoms with Crippen molar-refractivity contribution in [3.63, 3.8) is 0 Å². The lowest BCUT2D eigenvalue weighted by Gasteiger charge is -2.63. The number of carbonyl (C=O) groups is 2. The summed E-state index contributed by atoms with van der Waals surface area (Å²) in [7, 11) is 0. The minimum atomic E-state index is -0.610. The average molecular weight is 433 g/mol. The molecule has 6 unspecified atom stereocenters. The molecular weight excluding hydrogens is 396 g/mol. The minimum Gasteiger partial charge on any atom is -0.458 e. The van der Waals surface area contributed by atoms with E-state index in [1.807, 2.05) is 19.9 Å². The first-order valence-electron chi connectivity index (χ1n) is 11.5. The SMILES string of the molecule is C=C1CCC2C3(C)COC(C)(C)OC3CCC2(C)C1C/C=C1/C(=O)OCC1OC(C)=O. The van der Waals surface area contributed by atoms with Crippen LogP contribution in [0, 0.1) is 22.7 Å². The van der Waals surface area contributed by atoms with Crippen LogP contribution in [0.1, 0.15) is 66.7 Å². The zero-order chi connectivity index (χ0) is 22.6. The molecule has 4 rings (SSSR count). The van der Waals surface area contributed by atoms with Gasteiger partial charge in [0.05, 0.1) is 18.3 Å². The van der Waals surface area contributed by atoms with Crippen LogP contribution in [0.25, 0.3) is 0 Å². The van der Waals surface area contributed by atoms with Gasteiger partial charge in [-0.3, -0.25) is 4.79 Å². The molecule has 0 amide bonds. The van der Waals surface area contributed by atoms with E-state index in [0.717, 1.165) is 25.7 Å². The fourth-order valence-corrected chi connectivity index (χ4v) is 6.71. The number of carbonyl (C=O) groups excluding carboxylic acids is 2. The summed E-state index contributed by atoms with van der Waals surface area (Å²) in [5.74, 6) is -0.633. The smallest absolute Gasteiger partial charge is 0.337 e. The maximum Gasteiger partial charge on any atom is 0.337 e. The van der Waals surface area contributed by atoms with Gasteiger partial charge in [-0.1, -0.05) is 32.1 Å². The van der Waals surface area contributed by atoms with Crippen LogP contribution in [-0.4, -0.2) is 43.1 Å². The van der Waals surface area contributed by atoms with Gasteiger partial charge in [0.1, 0.15) is 6.61 Å². The van der Waals surface area contributed by atoms with E-state index in [1.54, 1.807) is 0 Å². The molecule has 6 heteroatoms. The van der Waals surface area contributed by atoms with Gasteiger partial charge in [0.15, 0.2) is 11.9 Å². The predicted octanol–water partition coefficient (Wildman–Crippen LogP) is 4.33. The lowest BCUT2D eigenvalue weighted by atomic mass is 9.46. The van der Waals surface area contributed by atoms with Crippen molar-refractivity contribution in [2.45, 2.75) is 84.7 Å². The third kappa shape index (κ3) is 3.86. The van der Waals surface area contributed by atoms with Crippen molar-refractivity contribution in [2.24, 2.45) is 22.7 Å². The summed E-state index contributed by atoms with van der Waals surface area (Å²) < 4.78 is 22.9. The van der Waals surface area contributed by atoms with Crippen molar-refractivity contribution >= 4 is 11.9 Å². The number of cyclic esters (lactones) is 1. The fourth-order valence-electron chi connectivity index (χ4n) is 6.71. The highest BCUT2D eigenvalue weighted by atomic mass is 16.7. The predicted molar refractivity (Wildman–Crippen MR) is 115 cm³/mol. The second kappa shape index (κ2) is 7.73. The monoisotopic (exact) mass is 432 g/mol. The molecule has 0 aromatic heterocycles. The van der Waals surface area contributed by atoms with Crippen LogP contribution >= 0.6 is 0 Å². The Bertz CT molecular complexity index is 813. The summed E-state index contributed by atoms with van der Waals surface area (Å²) in [6.45, 7) is 15.3. The molecule has 0 aromatic rings. The molecule has 4 aliphatic rings. The van der Waals surface area contributed by atoms with Crippen molar-refractivity contribution in [3.05, 3.63) is 23.8 Å². The summed E-state index contributed by atoms with van der Waals surface area (Å²) in [6.07, 6.45) is 6.31. The Balaban J connectivity index is 1.59. The normalized spacial score (nSPS) is 43.2. The van der Waals surface area contributed by atoms with Crippen molar-refractivity contribution in [2.75, 3.05) is 13.2 Å². The van der Waals surface area contributed by atoms with Crippen molar-refractivity contribution < 1.29 is 28.5 Å². The Hall–Kier alpha value is -1.66. The van der Waals surface area contributed by atoms with Crippen LogP contribution in [-0.2, 0) is 28.5 Å². The van der Waals surface area contributed by atoms with Crippen LogP contribution < -0.4 is 0 Å². The number of ether oxygens (including phenoxy) is 4. The Morgan fingerprint density at radius 2 is 1.97 bits per heavy atom. The third-order valence-electron chi connectivity index (χ3n) is 8.30. The van der Waals surface area contributed by atoms with E-state index in [0.29, 0.717) is 24.5 Å². The summed E-state index contributed by atoms with van der Waals surface area (Å²) in [5.41, 5.74) is 1.71. The van der Waals surface area contributed by atoms with Crippen LogP contribution in [0.4, 0.5) is 0 Å². The van der Waals surface area contributed by atoms with Crippen LogP contribution in [0.15, 0.2) is 23.8 Å². The van der Waals surface area contributed by atoms with Crippen LogP contribution in [0.2, 0.25) is 0 Å². The van der Waals surface area contributed by atoms with E-state index in [4.69, 9.17) is 18.9 Å². The first-order chi connectivity index (χ1) is 14.5. The van der Waals surface area contributed by atoms with E-state index >= 15 is 0 Å². The Morgan fingerprint density at radius 3 is 2.68 bits per heavy atom. The fraction of sp³-hybridized carbons (Fsp3) is 0.760. The average Bonchev–Trinajstić information content (AvgIpc) is 3.01. The molecule has 4 fully saturated rings. The zero-order valence-corrected chi connectivity index (χ0v) is 19.5. The molecule has 2 aliphatic carbocycles. The number of fused-ring (bicyclic) bond motifs is 3. The molecule has 172 valence electrons. The van der Waals surface area contributed by atoms with Gasteiger partial charge in [-0.15, -0.1) is 0 Å². The Morgan fingerprint density at radius 1 is 1.23 bits per heavy atom. The van der Waals surface area contributed by atoms with E-state index in [2.05, 4.69) is 20.4 Å². The molecule has 2 saturated heterocycles. The lowest BCUT2D eigenvalue weighted by molar-refractivity contribution is -0.344. The van der Waals surface area contributed by atoms with E-state index in [-0.39, 0.29) is 35.4 Å². The zero-order valence-electron chi connectivity index (χ0n) is 19.5.